The number of amides is 1. The van der Waals surface area contributed by atoms with E-state index in [4.69, 9.17) is 9.47 Å². The molecular weight excluding hydrogens is 376 g/mol. The van der Waals surface area contributed by atoms with Gasteiger partial charge in [0.1, 0.15) is 0 Å². The summed E-state index contributed by atoms with van der Waals surface area (Å²) >= 11 is 0. The maximum atomic E-state index is 12.0. The number of rotatable bonds is 11. The molecule has 1 amide bonds. The summed E-state index contributed by atoms with van der Waals surface area (Å²) in [5.74, 6) is -0.122. The topological polar surface area (TPSA) is 116 Å². The highest BCUT2D eigenvalue weighted by Crippen LogP contribution is 2.38. The van der Waals surface area contributed by atoms with Gasteiger partial charge in [0, 0.05) is 24.0 Å². The second kappa shape index (κ2) is 11.4. The smallest absolute Gasteiger partial charge is 0.315 e. The van der Waals surface area contributed by atoms with Crippen LogP contribution in [0.4, 0.5) is 5.69 Å². The molecule has 0 radical (unpaired) electrons. The number of nitrogens with one attached hydrogen (secondary N) is 1. The molecule has 0 atom stereocenters. The SMILES string of the molecule is CCCCCCOc1c(OC)cc(/C=N\NC(=O)c2cccnc2)cc1[N+](=O)[O-]. The molecule has 2 aromatic rings. The fraction of sp³-hybridized carbons (Fsp3) is 0.350. The second-order valence-corrected chi connectivity index (χ2v) is 6.18. The Hall–Kier alpha value is -3.49. The number of benzene rings is 1. The number of ether oxygens (including phenoxy) is 2. The predicted molar refractivity (Wildman–Crippen MR) is 109 cm³/mol. The second-order valence-electron chi connectivity index (χ2n) is 6.18. The van der Waals surface area contributed by atoms with E-state index in [-0.39, 0.29) is 17.2 Å². The van der Waals surface area contributed by atoms with Gasteiger partial charge in [-0.1, -0.05) is 26.2 Å². The first-order valence-electron chi connectivity index (χ1n) is 9.29. The van der Waals surface area contributed by atoms with Gasteiger partial charge >= 0.3 is 5.69 Å². The van der Waals surface area contributed by atoms with Crippen molar-refractivity contribution >= 4 is 17.8 Å². The van der Waals surface area contributed by atoms with E-state index in [1.165, 1.54) is 25.6 Å². The Morgan fingerprint density at radius 2 is 2.17 bits per heavy atom. The first-order valence-corrected chi connectivity index (χ1v) is 9.29. The fourth-order valence-electron chi connectivity index (χ4n) is 2.55. The molecule has 0 saturated heterocycles. The monoisotopic (exact) mass is 400 g/mol. The minimum absolute atomic E-state index is 0.0885. The molecule has 0 aliphatic rings. The van der Waals surface area contributed by atoms with E-state index in [2.05, 4.69) is 22.4 Å². The number of hydrogen-bond donors (Lipinski definition) is 1. The first-order chi connectivity index (χ1) is 14.1. The number of carbonyl (C=O) groups excluding carboxylic acids is 1. The van der Waals surface area contributed by atoms with Crippen LogP contribution in [0.1, 0.15) is 48.5 Å². The van der Waals surface area contributed by atoms with E-state index in [0.29, 0.717) is 17.7 Å². The fourth-order valence-corrected chi connectivity index (χ4v) is 2.55. The highest BCUT2D eigenvalue weighted by Gasteiger charge is 2.22. The molecule has 9 nitrogen and oxygen atoms in total. The van der Waals surface area contributed by atoms with E-state index in [9.17, 15) is 14.9 Å². The molecule has 0 bridgehead atoms. The van der Waals surface area contributed by atoms with Crippen molar-refractivity contribution in [1.29, 1.82) is 0 Å². The molecule has 1 aromatic carbocycles. The van der Waals surface area contributed by atoms with Crippen molar-refractivity contribution in [3.8, 4) is 11.5 Å². The van der Waals surface area contributed by atoms with Gasteiger partial charge in [-0.15, -0.1) is 0 Å². The van der Waals surface area contributed by atoms with Crippen molar-refractivity contribution in [2.45, 2.75) is 32.6 Å². The number of unbranched alkanes of at least 4 members (excludes halogenated alkanes) is 3. The van der Waals surface area contributed by atoms with Gasteiger partial charge in [0.15, 0.2) is 5.75 Å². The lowest BCUT2D eigenvalue weighted by atomic mass is 10.1. The highest BCUT2D eigenvalue weighted by molar-refractivity contribution is 5.94. The number of nitro groups is 1. The van der Waals surface area contributed by atoms with Crippen molar-refractivity contribution in [2.75, 3.05) is 13.7 Å². The van der Waals surface area contributed by atoms with Crippen molar-refractivity contribution in [3.05, 3.63) is 57.9 Å². The number of hydrogen-bond acceptors (Lipinski definition) is 7. The third kappa shape index (κ3) is 6.56. The largest absolute Gasteiger partial charge is 0.493 e. The maximum absolute atomic E-state index is 12.0. The number of nitro benzene ring substituents is 1. The molecule has 1 N–H and O–H groups in total. The molecule has 0 aliphatic carbocycles. The molecule has 1 aromatic heterocycles. The zero-order chi connectivity index (χ0) is 21.1. The molecule has 0 spiro atoms. The molecule has 0 aliphatic heterocycles. The lowest BCUT2D eigenvalue weighted by Gasteiger charge is -2.12. The minimum Gasteiger partial charge on any atom is -0.493 e. The lowest BCUT2D eigenvalue weighted by molar-refractivity contribution is -0.386. The van der Waals surface area contributed by atoms with Crippen LogP contribution >= 0.6 is 0 Å². The molecule has 0 unspecified atom stereocenters. The van der Waals surface area contributed by atoms with Gasteiger partial charge in [0.05, 0.1) is 30.4 Å². The van der Waals surface area contributed by atoms with Crippen LogP contribution in [0.15, 0.2) is 41.8 Å². The Morgan fingerprint density at radius 1 is 1.34 bits per heavy atom. The third-order valence-electron chi connectivity index (χ3n) is 4.02. The third-order valence-corrected chi connectivity index (χ3v) is 4.02. The van der Waals surface area contributed by atoms with Crippen LogP contribution in [-0.4, -0.2) is 35.7 Å². The summed E-state index contributed by atoms with van der Waals surface area (Å²) in [6, 6.07) is 6.12. The maximum Gasteiger partial charge on any atom is 0.315 e. The van der Waals surface area contributed by atoms with Gasteiger partial charge in [-0.2, -0.15) is 5.10 Å². The molecule has 1 heterocycles. The minimum atomic E-state index is -0.532. The number of nitrogens with zero attached hydrogens (tertiary/aromatic N) is 3. The van der Waals surface area contributed by atoms with Crippen molar-refractivity contribution in [1.82, 2.24) is 10.4 Å². The molecule has 0 fully saturated rings. The van der Waals surface area contributed by atoms with Gasteiger partial charge in [-0.25, -0.2) is 5.43 Å². The van der Waals surface area contributed by atoms with Crippen LogP contribution in [-0.2, 0) is 0 Å². The van der Waals surface area contributed by atoms with Gasteiger partial charge in [-0.3, -0.25) is 19.9 Å². The van der Waals surface area contributed by atoms with E-state index >= 15 is 0 Å². The average molecular weight is 400 g/mol. The Bertz CT molecular complexity index is 855. The zero-order valence-corrected chi connectivity index (χ0v) is 16.5. The average Bonchev–Trinajstić information content (AvgIpc) is 2.74. The Labute approximate surface area is 168 Å². The quantitative estimate of drug-likeness (QED) is 0.266. The van der Waals surface area contributed by atoms with Crippen LogP contribution in [0.25, 0.3) is 0 Å². The summed E-state index contributed by atoms with van der Waals surface area (Å²) in [7, 11) is 1.41. The summed E-state index contributed by atoms with van der Waals surface area (Å²) in [4.78, 5) is 26.8. The van der Waals surface area contributed by atoms with Gasteiger partial charge in [0.25, 0.3) is 5.91 Å². The van der Waals surface area contributed by atoms with Crippen LogP contribution in [0.2, 0.25) is 0 Å². The molecule has 154 valence electrons. The zero-order valence-electron chi connectivity index (χ0n) is 16.5. The summed E-state index contributed by atoms with van der Waals surface area (Å²) in [6.07, 6.45) is 8.24. The van der Waals surface area contributed by atoms with Gasteiger partial charge in [-0.05, 0) is 24.6 Å². The number of carbonyl (C=O) groups is 1. The first kappa shape index (κ1) is 21.8. The molecule has 0 saturated carbocycles. The van der Waals surface area contributed by atoms with E-state index in [0.717, 1.165) is 25.7 Å². The lowest BCUT2D eigenvalue weighted by Crippen LogP contribution is -2.17. The number of hydrazone groups is 1. The predicted octanol–water partition coefficient (Wildman–Crippen LogP) is 3.72. The number of aromatic nitrogens is 1. The molecule has 9 heteroatoms. The highest BCUT2D eigenvalue weighted by atomic mass is 16.6. The Morgan fingerprint density at radius 3 is 2.83 bits per heavy atom. The molecular formula is C20H24N4O5. The van der Waals surface area contributed by atoms with Crippen molar-refractivity contribution < 1.29 is 19.2 Å². The number of methoxy groups -OCH3 is 1. The van der Waals surface area contributed by atoms with Gasteiger partial charge < -0.3 is 9.47 Å². The van der Waals surface area contributed by atoms with Crippen LogP contribution in [0.5, 0.6) is 11.5 Å². The standard InChI is InChI=1S/C20H24N4O5/c1-3-4-5-6-10-29-19-17(24(26)27)11-15(12-18(19)28-2)13-22-23-20(25)16-8-7-9-21-14-16/h7-9,11-14H,3-6,10H2,1-2H3,(H,23,25)/b22-13-. The summed E-state index contributed by atoms with van der Waals surface area (Å²) < 4.78 is 10.9. The van der Waals surface area contributed by atoms with Gasteiger partial charge in [0.2, 0.25) is 5.75 Å². The summed E-state index contributed by atoms with van der Waals surface area (Å²) in [5.41, 5.74) is 2.86. The van der Waals surface area contributed by atoms with Crippen molar-refractivity contribution in [2.24, 2.45) is 5.10 Å². The summed E-state index contributed by atoms with van der Waals surface area (Å²) in [5, 5.41) is 15.3. The number of pyridine rings is 1. The van der Waals surface area contributed by atoms with E-state index < -0.39 is 10.8 Å². The van der Waals surface area contributed by atoms with E-state index in [1.54, 1.807) is 24.4 Å². The Balaban J connectivity index is 2.13. The van der Waals surface area contributed by atoms with Crippen LogP contribution in [0, 0.1) is 10.1 Å². The molecule has 2 rings (SSSR count). The normalized spacial score (nSPS) is 10.7. The van der Waals surface area contributed by atoms with Crippen LogP contribution < -0.4 is 14.9 Å². The van der Waals surface area contributed by atoms with Crippen LogP contribution in [0.3, 0.4) is 0 Å². The van der Waals surface area contributed by atoms with Crippen molar-refractivity contribution in [3.63, 3.8) is 0 Å². The molecule has 29 heavy (non-hydrogen) atoms. The Kier molecular flexibility index (Phi) is 8.55. The summed E-state index contributed by atoms with van der Waals surface area (Å²) in [6.45, 7) is 2.47. The van der Waals surface area contributed by atoms with E-state index in [1.807, 2.05) is 0 Å².